The highest BCUT2D eigenvalue weighted by molar-refractivity contribution is 6.30. The van der Waals surface area contributed by atoms with E-state index in [9.17, 15) is 9.59 Å². The molecule has 2 rings (SSSR count). The van der Waals surface area contributed by atoms with Crippen molar-refractivity contribution >= 4 is 23.4 Å². The summed E-state index contributed by atoms with van der Waals surface area (Å²) < 4.78 is 10.3. The number of Topliss-reactive ketones (excluding diaryl/α,β-unsaturated/α-hetero) is 1. The largest absolute Gasteiger partial charge is 0.482 e. The zero-order chi connectivity index (χ0) is 16.8. The Balaban J connectivity index is 1.79. The normalized spacial score (nSPS) is 10.2. The van der Waals surface area contributed by atoms with Crippen LogP contribution in [0.3, 0.4) is 0 Å². The van der Waals surface area contributed by atoms with Gasteiger partial charge >= 0.3 is 5.97 Å². The van der Waals surface area contributed by atoms with Crippen molar-refractivity contribution < 1.29 is 19.1 Å². The number of esters is 1. The number of hydrogen-bond donors (Lipinski definition) is 0. The minimum atomic E-state index is -0.592. The first-order chi connectivity index (χ1) is 11.0. The maximum absolute atomic E-state index is 11.9. The molecule has 0 spiro atoms. The number of carbonyl (C=O) groups excluding carboxylic acids is 2. The number of aryl methyl sites for hydroxylation is 2. The topological polar surface area (TPSA) is 52.6 Å². The van der Waals surface area contributed by atoms with Crippen molar-refractivity contribution in [2.45, 2.75) is 13.8 Å². The van der Waals surface area contributed by atoms with E-state index in [4.69, 9.17) is 21.1 Å². The van der Waals surface area contributed by atoms with Gasteiger partial charge in [-0.2, -0.15) is 0 Å². The summed E-state index contributed by atoms with van der Waals surface area (Å²) in [5, 5.41) is 0.542. The van der Waals surface area contributed by atoms with Gasteiger partial charge in [0.25, 0.3) is 0 Å². The van der Waals surface area contributed by atoms with Crippen LogP contribution in [0.4, 0.5) is 0 Å². The van der Waals surface area contributed by atoms with E-state index in [1.165, 1.54) is 0 Å². The van der Waals surface area contributed by atoms with Gasteiger partial charge in [-0.15, -0.1) is 0 Å². The van der Waals surface area contributed by atoms with E-state index in [-0.39, 0.29) is 19.0 Å². The minimum absolute atomic E-state index is 0.240. The zero-order valence-corrected chi connectivity index (χ0v) is 13.7. The zero-order valence-electron chi connectivity index (χ0n) is 13.0. The van der Waals surface area contributed by atoms with Crippen molar-refractivity contribution in [3.8, 4) is 5.75 Å². The lowest BCUT2D eigenvalue weighted by molar-refractivity contribution is -0.144. The van der Waals surface area contributed by atoms with E-state index in [0.717, 1.165) is 11.1 Å². The minimum Gasteiger partial charge on any atom is -0.482 e. The first-order valence-electron chi connectivity index (χ1n) is 7.10. The number of ether oxygens (including phenoxy) is 2. The molecular formula is C18H17ClO4. The molecule has 120 valence electrons. The van der Waals surface area contributed by atoms with Crippen LogP contribution in [-0.4, -0.2) is 25.0 Å². The highest BCUT2D eigenvalue weighted by Gasteiger charge is 2.10. The Morgan fingerprint density at radius 2 is 1.65 bits per heavy atom. The van der Waals surface area contributed by atoms with Crippen LogP contribution in [0.15, 0.2) is 42.5 Å². The van der Waals surface area contributed by atoms with Crippen LogP contribution in [-0.2, 0) is 9.53 Å². The molecule has 0 aliphatic heterocycles. The lowest BCUT2D eigenvalue weighted by Crippen LogP contribution is -2.19. The summed E-state index contributed by atoms with van der Waals surface area (Å²) in [5.41, 5.74) is 2.67. The second-order valence-corrected chi connectivity index (χ2v) is 5.56. The summed E-state index contributed by atoms with van der Waals surface area (Å²) in [6.07, 6.45) is 0. The van der Waals surface area contributed by atoms with Gasteiger partial charge in [-0.25, -0.2) is 4.79 Å². The third-order valence-corrected chi connectivity index (χ3v) is 3.62. The van der Waals surface area contributed by atoms with Crippen LogP contribution >= 0.6 is 11.6 Å². The Morgan fingerprint density at radius 3 is 2.30 bits per heavy atom. The summed E-state index contributed by atoms with van der Waals surface area (Å²) in [6, 6.07) is 11.9. The van der Waals surface area contributed by atoms with Crippen LogP contribution < -0.4 is 4.74 Å². The summed E-state index contributed by atoms with van der Waals surface area (Å²) in [7, 11) is 0. The van der Waals surface area contributed by atoms with Gasteiger partial charge in [-0.3, -0.25) is 4.79 Å². The molecule has 0 atom stereocenters. The molecule has 0 heterocycles. The van der Waals surface area contributed by atoms with E-state index in [1.54, 1.807) is 30.3 Å². The fraction of sp³-hybridized carbons (Fsp3) is 0.222. The van der Waals surface area contributed by atoms with Gasteiger partial charge in [0.2, 0.25) is 0 Å². The first-order valence-corrected chi connectivity index (χ1v) is 7.48. The summed E-state index contributed by atoms with van der Waals surface area (Å²) >= 11 is 5.75. The molecule has 0 N–H and O–H groups in total. The van der Waals surface area contributed by atoms with Crippen LogP contribution in [0.2, 0.25) is 5.02 Å². The Morgan fingerprint density at radius 1 is 0.957 bits per heavy atom. The highest BCUT2D eigenvalue weighted by Crippen LogP contribution is 2.16. The molecule has 0 amide bonds. The quantitative estimate of drug-likeness (QED) is 0.597. The number of ketones is 1. The molecule has 0 saturated heterocycles. The standard InChI is InChI=1S/C18H17ClO4/c1-12-3-8-16(9-13(12)2)22-11-18(21)23-10-17(20)14-4-6-15(19)7-5-14/h3-9H,10-11H2,1-2H3. The van der Waals surface area contributed by atoms with E-state index in [2.05, 4.69) is 0 Å². The predicted octanol–water partition coefficient (Wildman–Crippen LogP) is 3.76. The number of rotatable bonds is 6. The van der Waals surface area contributed by atoms with Gasteiger partial charge in [0, 0.05) is 10.6 Å². The summed E-state index contributed by atoms with van der Waals surface area (Å²) in [6.45, 7) is 3.40. The molecule has 0 fully saturated rings. The number of carbonyl (C=O) groups is 2. The smallest absolute Gasteiger partial charge is 0.344 e. The molecule has 0 aliphatic rings. The fourth-order valence-corrected chi connectivity index (χ4v) is 1.98. The molecule has 0 unspecified atom stereocenters. The van der Waals surface area contributed by atoms with Gasteiger partial charge in [-0.1, -0.05) is 17.7 Å². The third kappa shape index (κ3) is 5.11. The van der Waals surface area contributed by atoms with Gasteiger partial charge in [0.1, 0.15) is 5.75 Å². The SMILES string of the molecule is Cc1ccc(OCC(=O)OCC(=O)c2ccc(Cl)cc2)cc1C. The first kappa shape index (κ1) is 17.0. The van der Waals surface area contributed by atoms with Crippen LogP contribution in [0.25, 0.3) is 0 Å². The second-order valence-electron chi connectivity index (χ2n) is 5.13. The molecule has 4 nitrogen and oxygen atoms in total. The van der Waals surface area contributed by atoms with Crippen molar-refractivity contribution in [1.29, 1.82) is 0 Å². The van der Waals surface area contributed by atoms with Crippen LogP contribution in [0, 0.1) is 13.8 Å². The van der Waals surface area contributed by atoms with E-state index >= 15 is 0 Å². The van der Waals surface area contributed by atoms with Crippen LogP contribution in [0.5, 0.6) is 5.75 Å². The lowest BCUT2D eigenvalue weighted by Gasteiger charge is -2.08. The number of halogens is 1. The maximum atomic E-state index is 11.9. The maximum Gasteiger partial charge on any atom is 0.344 e. The molecule has 0 saturated carbocycles. The highest BCUT2D eigenvalue weighted by atomic mass is 35.5. The summed E-state index contributed by atoms with van der Waals surface area (Å²) in [5.74, 6) is -0.291. The van der Waals surface area contributed by atoms with E-state index in [0.29, 0.717) is 16.3 Å². The Hall–Kier alpha value is -2.33. The second kappa shape index (κ2) is 7.79. The van der Waals surface area contributed by atoms with E-state index < -0.39 is 5.97 Å². The van der Waals surface area contributed by atoms with Crippen molar-refractivity contribution in [2.24, 2.45) is 0 Å². The van der Waals surface area contributed by atoms with Crippen molar-refractivity contribution in [2.75, 3.05) is 13.2 Å². The molecule has 0 aliphatic carbocycles. The third-order valence-electron chi connectivity index (χ3n) is 3.37. The average molecular weight is 333 g/mol. The van der Waals surface area contributed by atoms with Crippen molar-refractivity contribution in [1.82, 2.24) is 0 Å². The predicted molar refractivity (Wildman–Crippen MR) is 88.2 cm³/mol. The molecule has 0 bridgehead atoms. The van der Waals surface area contributed by atoms with Crippen LogP contribution in [0.1, 0.15) is 21.5 Å². The lowest BCUT2D eigenvalue weighted by atomic mass is 10.1. The molecule has 0 radical (unpaired) electrons. The van der Waals surface area contributed by atoms with Gasteiger partial charge in [-0.05, 0) is 61.4 Å². The summed E-state index contributed by atoms with van der Waals surface area (Å²) in [4.78, 5) is 23.5. The van der Waals surface area contributed by atoms with Gasteiger partial charge in [0.05, 0.1) is 0 Å². The van der Waals surface area contributed by atoms with Crippen molar-refractivity contribution in [3.05, 3.63) is 64.2 Å². The number of hydrogen-bond acceptors (Lipinski definition) is 4. The Kier molecular flexibility index (Phi) is 5.77. The molecule has 5 heteroatoms. The molecule has 2 aromatic rings. The van der Waals surface area contributed by atoms with Crippen molar-refractivity contribution in [3.63, 3.8) is 0 Å². The monoisotopic (exact) mass is 332 g/mol. The van der Waals surface area contributed by atoms with E-state index in [1.807, 2.05) is 26.0 Å². The average Bonchev–Trinajstić information content (AvgIpc) is 2.54. The van der Waals surface area contributed by atoms with Gasteiger partial charge < -0.3 is 9.47 Å². The molecular weight excluding hydrogens is 316 g/mol. The number of benzene rings is 2. The molecule has 23 heavy (non-hydrogen) atoms. The Labute approximate surface area is 140 Å². The van der Waals surface area contributed by atoms with Gasteiger partial charge in [0.15, 0.2) is 19.0 Å². The Bertz CT molecular complexity index is 707. The molecule has 2 aromatic carbocycles. The molecule has 0 aromatic heterocycles. The fourth-order valence-electron chi connectivity index (χ4n) is 1.85.